The van der Waals surface area contributed by atoms with Crippen molar-refractivity contribution in [2.24, 2.45) is 0 Å². The molecular weight excluding hydrogens is 432 g/mol. The van der Waals surface area contributed by atoms with Crippen molar-refractivity contribution >= 4 is 47.8 Å². The summed E-state index contributed by atoms with van der Waals surface area (Å²) in [6.07, 6.45) is 0. The van der Waals surface area contributed by atoms with Crippen LogP contribution < -0.4 is 0 Å². The van der Waals surface area contributed by atoms with Gasteiger partial charge in [0, 0.05) is 14.3 Å². The van der Waals surface area contributed by atoms with Crippen LogP contribution in [0.15, 0.2) is 45.3 Å². The lowest BCUT2D eigenvalue weighted by Gasteiger charge is -1.98. The smallest absolute Gasteiger partial charge is 0.0283 e. The fraction of sp³-hybridized carbons (Fsp3) is 0.250. The normalized spacial score (nSPS) is 9.79. The molecular formula is C16H17Br3. The van der Waals surface area contributed by atoms with Gasteiger partial charge in [-0.15, -0.1) is 0 Å². The van der Waals surface area contributed by atoms with E-state index in [2.05, 4.69) is 105 Å². The number of aryl methyl sites for hydroxylation is 3. The molecule has 0 saturated heterocycles. The van der Waals surface area contributed by atoms with Gasteiger partial charge in [-0.2, -0.15) is 0 Å². The van der Waals surface area contributed by atoms with Crippen molar-refractivity contribution < 1.29 is 0 Å². The second kappa shape index (κ2) is 8.23. The number of alkyl halides is 1. The summed E-state index contributed by atoms with van der Waals surface area (Å²) in [5.41, 5.74) is 5.22. The van der Waals surface area contributed by atoms with E-state index in [-0.39, 0.29) is 0 Å². The van der Waals surface area contributed by atoms with Gasteiger partial charge in [0.1, 0.15) is 0 Å². The Morgan fingerprint density at radius 1 is 0.684 bits per heavy atom. The highest BCUT2D eigenvalue weighted by Gasteiger charge is 1.93. The summed E-state index contributed by atoms with van der Waals surface area (Å²) in [6.45, 7) is 6.28. The van der Waals surface area contributed by atoms with Gasteiger partial charge in [0.15, 0.2) is 0 Å². The number of halogens is 3. The molecule has 0 radical (unpaired) electrons. The summed E-state index contributed by atoms with van der Waals surface area (Å²) in [5.74, 6) is 0. The van der Waals surface area contributed by atoms with Crippen LogP contribution in [0.25, 0.3) is 0 Å². The van der Waals surface area contributed by atoms with E-state index in [4.69, 9.17) is 0 Å². The van der Waals surface area contributed by atoms with Crippen molar-refractivity contribution in [2.45, 2.75) is 26.1 Å². The Morgan fingerprint density at radius 3 is 1.47 bits per heavy atom. The van der Waals surface area contributed by atoms with Gasteiger partial charge < -0.3 is 0 Å². The molecule has 102 valence electrons. The molecule has 0 aliphatic heterocycles. The maximum Gasteiger partial charge on any atom is 0.0283 e. The largest absolute Gasteiger partial charge is 0.0876 e. The Balaban J connectivity index is 0.000000191. The van der Waals surface area contributed by atoms with E-state index in [1.165, 1.54) is 26.7 Å². The minimum atomic E-state index is 0.924. The molecule has 3 heteroatoms. The van der Waals surface area contributed by atoms with Crippen LogP contribution in [0.3, 0.4) is 0 Å². The summed E-state index contributed by atoms with van der Waals surface area (Å²) in [7, 11) is 0. The third kappa shape index (κ3) is 6.73. The van der Waals surface area contributed by atoms with Gasteiger partial charge in [0.2, 0.25) is 0 Å². The molecule has 0 unspecified atom stereocenters. The molecule has 0 nitrogen and oxygen atoms in total. The first-order valence-corrected chi connectivity index (χ1v) is 8.67. The van der Waals surface area contributed by atoms with E-state index in [0.29, 0.717) is 0 Å². The highest BCUT2D eigenvalue weighted by atomic mass is 79.9. The van der Waals surface area contributed by atoms with Gasteiger partial charge in [0.25, 0.3) is 0 Å². The highest BCUT2D eigenvalue weighted by molar-refractivity contribution is 9.10. The van der Waals surface area contributed by atoms with Gasteiger partial charge in [0.05, 0.1) is 0 Å². The molecule has 0 N–H and O–H groups in total. The summed E-state index contributed by atoms with van der Waals surface area (Å²) < 4.78 is 2.32. The van der Waals surface area contributed by atoms with Crippen molar-refractivity contribution in [2.75, 3.05) is 0 Å². The zero-order valence-corrected chi connectivity index (χ0v) is 16.1. The second-order valence-electron chi connectivity index (χ2n) is 4.58. The maximum atomic E-state index is 3.43. The molecule has 2 aromatic carbocycles. The Bertz CT molecular complexity index is 477. The Hall–Kier alpha value is -0.120. The zero-order valence-electron chi connectivity index (χ0n) is 11.3. The van der Waals surface area contributed by atoms with Gasteiger partial charge in [-0.25, -0.2) is 0 Å². The van der Waals surface area contributed by atoms with E-state index >= 15 is 0 Å². The SMILES string of the molecule is Cc1cc(Br)cc(CBr)c1.Cc1cc(C)cc(Br)c1. The molecule has 0 spiro atoms. The molecule has 0 aliphatic carbocycles. The predicted octanol–water partition coefficient (Wildman–Crippen LogP) is 6.72. The molecule has 0 fully saturated rings. The Kier molecular flexibility index (Phi) is 7.33. The molecule has 0 atom stereocenters. The predicted molar refractivity (Wildman–Crippen MR) is 95.1 cm³/mol. The van der Waals surface area contributed by atoms with Crippen molar-refractivity contribution in [1.82, 2.24) is 0 Å². The fourth-order valence-corrected chi connectivity index (χ4v) is 3.51. The second-order valence-corrected chi connectivity index (χ2v) is 6.97. The van der Waals surface area contributed by atoms with E-state index in [9.17, 15) is 0 Å². The average Bonchev–Trinajstić information content (AvgIpc) is 2.26. The number of hydrogen-bond donors (Lipinski definition) is 0. The summed E-state index contributed by atoms with van der Waals surface area (Å²) >= 11 is 10.3. The first kappa shape index (κ1) is 16.9. The Morgan fingerprint density at radius 2 is 1.11 bits per heavy atom. The lowest BCUT2D eigenvalue weighted by Crippen LogP contribution is -1.79. The van der Waals surface area contributed by atoms with Crippen LogP contribution in [0.5, 0.6) is 0 Å². The molecule has 0 saturated carbocycles. The first-order valence-electron chi connectivity index (χ1n) is 5.96. The number of hydrogen-bond acceptors (Lipinski definition) is 0. The fourth-order valence-electron chi connectivity index (χ4n) is 1.81. The van der Waals surface area contributed by atoms with E-state index in [1.807, 2.05) is 0 Å². The first-order chi connectivity index (χ1) is 8.90. The number of benzene rings is 2. The third-order valence-electron chi connectivity index (χ3n) is 2.44. The molecule has 0 bridgehead atoms. The van der Waals surface area contributed by atoms with Gasteiger partial charge in [-0.3, -0.25) is 0 Å². The van der Waals surface area contributed by atoms with E-state index in [0.717, 1.165) is 9.80 Å². The van der Waals surface area contributed by atoms with Crippen LogP contribution in [-0.2, 0) is 5.33 Å². The average molecular weight is 449 g/mol. The zero-order chi connectivity index (χ0) is 14.4. The van der Waals surface area contributed by atoms with Crippen LogP contribution >= 0.6 is 47.8 Å². The van der Waals surface area contributed by atoms with Crippen LogP contribution in [-0.4, -0.2) is 0 Å². The van der Waals surface area contributed by atoms with Gasteiger partial charge >= 0.3 is 0 Å². The molecule has 0 heterocycles. The molecule has 0 aliphatic rings. The van der Waals surface area contributed by atoms with Crippen molar-refractivity contribution in [1.29, 1.82) is 0 Å². The summed E-state index contributed by atoms with van der Waals surface area (Å²) in [4.78, 5) is 0. The van der Waals surface area contributed by atoms with Crippen LogP contribution in [0.1, 0.15) is 22.3 Å². The van der Waals surface area contributed by atoms with E-state index in [1.54, 1.807) is 0 Å². The molecule has 0 amide bonds. The Labute approximate surface area is 141 Å². The quantitative estimate of drug-likeness (QED) is 0.425. The van der Waals surface area contributed by atoms with Crippen molar-refractivity contribution in [3.8, 4) is 0 Å². The molecule has 0 aromatic heterocycles. The molecule has 2 aromatic rings. The third-order valence-corrected chi connectivity index (χ3v) is 4.01. The van der Waals surface area contributed by atoms with Crippen LogP contribution in [0.4, 0.5) is 0 Å². The summed E-state index contributed by atoms with van der Waals surface area (Å²) in [5, 5.41) is 0.924. The maximum absolute atomic E-state index is 3.43. The minimum absolute atomic E-state index is 0.924. The van der Waals surface area contributed by atoms with Crippen molar-refractivity contribution in [3.05, 3.63) is 67.6 Å². The van der Waals surface area contributed by atoms with Crippen LogP contribution in [0.2, 0.25) is 0 Å². The molecule has 19 heavy (non-hydrogen) atoms. The highest BCUT2D eigenvalue weighted by Crippen LogP contribution is 2.16. The summed E-state index contributed by atoms with van der Waals surface area (Å²) in [6, 6.07) is 12.7. The standard InChI is InChI=1S/C8H8Br2.C8H9Br/c1-6-2-7(5-9)4-8(10)3-6;1-6-3-7(2)5-8(9)4-6/h2-4H,5H2,1H3;3-5H,1-2H3. The number of rotatable bonds is 1. The lowest BCUT2D eigenvalue weighted by molar-refractivity contribution is 1.35. The van der Waals surface area contributed by atoms with Crippen LogP contribution in [0, 0.1) is 20.8 Å². The van der Waals surface area contributed by atoms with Gasteiger partial charge in [-0.1, -0.05) is 59.9 Å². The molecule has 2 rings (SSSR count). The van der Waals surface area contributed by atoms with Crippen molar-refractivity contribution in [3.63, 3.8) is 0 Å². The lowest BCUT2D eigenvalue weighted by atomic mass is 10.2. The van der Waals surface area contributed by atoms with E-state index < -0.39 is 0 Å². The topological polar surface area (TPSA) is 0 Å². The minimum Gasteiger partial charge on any atom is -0.0876 e. The van der Waals surface area contributed by atoms with Gasteiger partial charge in [-0.05, 0) is 67.3 Å². The monoisotopic (exact) mass is 446 g/mol.